The SMILES string of the molecule is CC(C)(C)OC(=O)N1CCC2(CC1)C(=O)N(c1ccc(N)cc1)CN2c1ccccc1. The van der Waals surface area contributed by atoms with Gasteiger partial charge in [0.15, 0.2) is 0 Å². The molecule has 2 aromatic carbocycles. The number of carbonyl (C=O) groups excluding carboxylic acids is 2. The highest BCUT2D eigenvalue weighted by Crippen LogP contribution is 2.41. The Bertz CT molecular complexity index is 945. The fourth-order valence-electron chi connectivity index (χ4n) is 4.37. The second-order valence-corrected chi connectivity index (χ2v) is 9.23. The van der Waals surface area contributed by atoms with Crippen molar-refractivity contribution >= 4 is 29.1 Å². The number of carbonyl (C=O) groups is 2. The van der Waals surface area contributed by atoms with E-state index in [0.29, 0.717) is 38.3 Å². The molecule has 0 bridgehead atoms. The zero-order chi connectivity index (χ0) is 22.2. The number of nitrogens with zero attached hydrogens (tertiary/aromatic N) is 3. The van der Waals surface area contributed by atoms with E-state index >= 15 is 0 Å². The van der Waals surface area contributed by atoms with Crippen molar-refractivity contribution in [3.05, 3.63) is 54.6 Å². The lowest BCUT2D eigenvalue weighted by molar-refractivity contribution is -0.123. The number of hydrogen-bond donors (Lipinski definition) is 1. The van der Waals surface area contributed by atoms with Gasteiger partial charge in [-0.2, -0.15) is 0 Å². The van der Waals surface area contributed by atoms with Gasteiger partial charge in [-0.05, 0) is 70.0 Å². The zero-order valence-electron chi connectivity index (χ0n) is 18.4. The number of rotatable bonds is 2. The van der Waals surface area contributed by atoms with Gasteiger partial charge in [0.1, 0.15) is 11.1 Å². The first kappa shape index (κ1) is 21.0. The van der Waals surface area contributed by atoms with Gasteiger partial charge in [-0.3, -0.25) is 9.69 Å². The molecule has 2 saturated heterocycles. The molecule has 2 amide bonds. The summed E-state index contributed by atoms with van der Waals surface area (Å²) >= 11 is 0. The molecule has 164 valence electrons. The predicted octanol–water partition coefficient (Wildman–Crippen LogP) is 3.85. The second kappa shape index (κ2) is 7.80. The van der Waals surface area contributed by atoms with Gasteiger partial charge in [0.2, 0.25) is 0 Å². The van der Waals surface area contributed by atoms with E-state index in [9.17, 15) is 9.59 Å². The number of piperidine rings is 1. The van der Waals surface area contributed by atoms with Crippen LogP contribution in [0.5, 0.6) is 0 Å². The summed E-state index contributed by atoms with van der Waals surface area (Å²) in [5, 5.41) is 0. The Kier molecular flexibility index (Phi) is 5.29. The first-order valence-electron chi connectivity index (χ1n) is 10.7. The number of benzene rings is 2. The summed E-state index contributed by atoms with van der Waals surface area (Å²) in [4.78, 5) is 32.0. The molecule has 0 saturated carbocycles. The van der Waals surface area contributed by atoms with Crippen molar-refractivity contribution in [2.24, 2.45) is 0 Å². The molecule has 2 aliphatic heterocycles. The molecule has 2 heterocycles. The first-order chi connectivity index (χ1) is 14.7. The molecule has 2 fully saturated rings. The van der Waals surface area contributed by atoms with Gasteiger partial charge in [0, 0.05) is 30.2 Å². The highest BCUT2D eigenvalue weighted by atomic mass is 16.6. The molecular formula is C24H30N4O3. The van der Waals surface area contributed by atoms with E-state index in [1.54, 1.807) is 4.90 Å². The van der Waals surface area contributed by atoms with E-state index in [4.69, 9.17) is 10.5 Å². The van der Waals surface area contributed by atoms with Crippen LogP contribution in [0.4, 0.5) is 21.9 Å². The number of para-hydroxylation sites is 1. The van der Waals surface area contributed by atoms with Gasteiger partial charge in [-0.1, -0.05) is 18.2 Å². The van der Waals surface area contributed by atoms with Crippen molar-refractivity contribution in [2.45, 2.75) is 44.8 Å². The van der Waals surface area contributed by atoms with Crippen LogP contribution in [0.15, 0.2) is 54.6 Å². The number of anilines is 3. The molecule has 0 aromatic heterocycles. The highest BCUT2D eigenvalue weighted by Gasteiger charge is 2.54. The Morgan fingerprint density at radius 2 is 1.58 bits per heavy atom. The van der Waals surface area contributed by atoms with E-state index < -0.39 is 11.1 Å². The zero-order valence-corrected chi connectivity index (χ0v) is 18.4. The third-order valence-corrected chi connectivity index (χ3v) is 5.96. The molecule has 4 rings (SSSR count). The van der Waals surface area contributed by atoms with Crippen LogP contribution in [0.1, 0.15) is 33.6 Å². The maximum Gasteiger partial charge on any atom is 0.410 e. The summed E-state index contributed by atoms with van der Waals surface area (Å²) in [6.07, 6.45) is 0.770. The Balaban J connectivity index is 1.61. The van der Waals surface area contributed by atoms with Gasteiger partial charge in [-0.25, -0.2) is 4.79 Å². The number of hydrogen-bond acceptors (Lipinski definition) is 5. The minimum absolute atomic E-state index is 0.0602. The highest BCUT2D eigenvalue weighted by molar-refractivity contribution is 6.06. The number of amides is 2. The van der Waals surface area contributed by atoms with Crippen LogP contribution < -0.4 is 15.5 Å². The van der Waals surface area contributed by atoms with E-state index in [1.165, 1.54) is 0 Å². The van der Waals surface area contributed by atoms with Crippen LogP contribution in [0, 0.1) is 0 Å². The molecule has 0 unspecified atom stereocenters. The first-order valence-corrected chi connectivity index (χ1v) is 10.7. The molecule has 0 atom stereocenters. The Morgan fingerprint density at radius 3 is 2.16 bits per heavy atom. The average molecular weight is 423 g/mol. The summed E-state index contributed by atoms with van der Waals surface area (Å²) in [5.41, 5.74) is 7.09. The van der Waals surface area contributed by atoms with Gasteiger partial charge < -0.3 is 20.3 Å². The van der Waals surface area contributed by atoms with Crippen LogP contribution >= 0.6 is 0 Å². The summed E-state index contributed by atoms with van der Waals surface area (Å²) in [6, 6.07) is 17.4. The van der Waals surface area contributed by atoms with Crippen LogP contribution in [0.25, 0.3) is 0 Å². The van der Waals surface area contributed by atoms with Crippen LogP contribution in [-0.4, -0.2) is 47.8 Å². The molecule has 1 spiro atoms. The third-order valence-electron chi connectivity index (χ3n) is 5.96. The molecular weight excluding hydrogens is 392 g/mol. The van der Waals surface area contributed by atoms with Crippen LogP contribution in [0.3, 0.4) is 0 Å². The molecule has 31 heavy (non-hydrogen) atoms. The van der Waals surface area contributed by atoms with Gasteiger partial charge in [0.05, 0.1) is 6.67 Å². The topological polar surface area (TPSA) is 79.1 Å². The lowest BCUT2D eigenvalue weighted by Gasteiger charge is -2.43. The maximum absolute atomic E-state index is 13.8. The van der Waals surface area contributed by atoms with E-state index in [0.717, 1.165) is 11.4 Å². The van der Waals surface area contributed by atoms with Crippen molar-refractivity contribution in [3.8, 4) is 0 Å². The smallest absolute Gasteiger partial charge is 0.410 e. The normalized spacial score (nSPS) is 18.5. The standard InChI is InChI=1S/C24H30N4O3/c1-23(2,3)31-22(30)26-15-13-24(14-16-26)21(29)27(19-11-9-18(25)10-12-19)17-28(24)20-7-5-4-6-8-20/h4-12H,13-17,25H2,1-3H3. The molecule has 2 aliphatic rings. The number of likely N-dealkylation sites (tertiary alicyclic amines) is 1. The molecule has 0 radical (unpaired) electrons. The van der Waals surface area contributed by atoms with Gasteiger partial charge in [0.25, 0.3) is 5.91 Å². The molecule has 2 N–H and O–H groups in total. The Hall–Kier alpha value is -3.22. The minimum atomic E-state index is -0.693. The van der Waals surface area contributed by atoms with E-state index in [-0.39, 0.29) is 12.0 Å². The lowest BCUT2D eigenvalue weighted by Crippen LogP contribution is -2.57. The maximum atomic E-state index is 13.8. The quantitative estimate of drug-likeness (QED) is 0.744. The van der Waals surface area contributed by atoms with Gasteiger partial charge >= 0.3 is 6.09 Å². The van der Waals surface area contributed by atoms with Crippen LogP contribution in [0.2, 0.25) is 0 Å². The fraction of sp³-hybridized carbons (Fsp3) is 0.417. The van der Waals surface area contributed by atoms with Crippen molar-refractivity contribution in [1.29, 1.82) is 0 Å². The summed E-state index contributed by atoms with van der Waals surface area (Å²) in [5.74, 6) is 0.0602. The molecule has 2 aromatic rings. The fourth-order valence-corrected chi connectivity index (χ4v) is 4.37. The summed E-state index contributed by atoms with van der Waals surface area (Å²) in [7, 11) is 0. The Labute approximate surface area is 183 Å². The molecule has 0 aliphatic carbocycles. The predicted molar refractivity (Wildman–Crippen MR) is 122 cm³/mol. The monoisotopic (exact) mass is 422 g/mol. The van der Waals surface area contributed by atoms with Crippen molar-refractivity contribution in [1.82, 2.24) is 4.90 Å². The van der Waals surface area contributed by atoms with E-state index in [1.807, 2.05) is 80.3 Å². The van der Waals surface area contributed by atoms with Crippen molar-refractivity contribution < 1.29 is 14.3 Å². The Morgan fingerprint density at radius 1 is 0.968 bits per heavy atom. The molecule has 7 heteroatoms. The lowest BCUT2D eigenvalue weighted by atomic mass is 9.85. The van der Waals surface area contributed by atoms with Crippen molar-refractivity contribution in [3.63, 3.8) is 0 Å². The summed E-state index contributed by atoms with van der Waals surface area (Å²) in [6.45, 7) is 6.98. The van der Waals surface area contributed by atoms with E-state index in [2.05, 4.69) is 4.90 Å². The largest absolute Gasteiger partial charge is 0.444 e. The number of ether oxygens (including phenoxy) is 1. The second-order valence-electron chi connectivity index (χ2n) is 9.23. The van der Waals surface area contributed by atoms with Crippen molar-refractivity contribution in [2.75, 3.05) is 35.3 Å². The minimum Gasteiger partial charge on any atom is -0.444 e. The average Bonchev–Trinajstić information content (AvgIpc) is 3.01. The molecule has 7 nitrogen and oxygen atoms in total. The summed E-state index contributed by atoms with van der Waals surface area (Å²) < 4.78 is 5.53. The van der Waals surface area contributed by atoms with Crippen LogP contribution in [-0.2, 0) is 9.53 Å². The van der Waals surface area contributed by atoms with Gasteiger partial charge in [-0.15, -0.1) is 0 Å². The third kappa shape index (κ3) is 4.04. The number of nitrogen functional groups attached to an aromatic ring is 1. The number of nitrogens with two attached hydrogens (primary N) is 1.